The third-order valence-corrected chi connectivity index (χ3v) is 3.70. The van der Waals surface area contributed by atoms with Gasteiger partial charge in [0.1, 0.15) is 6.54 Å². The lowest BCUT2D eigenvalue weighted by Crippen LogP contribution is -2.49. The normalized spacial score (nSPS) is 13.6. The molecule has 1 aromatic heterocycles. The number of carbonyl (C=O) groups excluding carboxylic acids is 2. The van der Waals surface area contributed by atoms with Crippen molar-refractivity contribution in [3.63, 3.8) is 0 Å². The standard InChI is InChI=1S/C15H16N4O2S/c20-13(17-18-15(22)16-14(21)11-5-6-11)9-19-8-7-10-3-1-2-4-12(10)19/h1-4,7-8,11H,5-6,9H2,(H,17,20)(H2,16,18,21,22). The fourth-order valence-electron chi connectivity index (χ4n) is 2.19. The molecule has 1 saturated carbocycles. The number of amides is 2. The van der Waals surface area contributed by atoms with Gasteiger partial charge in [0, 0.05) is 17.6 Å². The largest absolute Gasteiger partial charge is 0.338 e. The molecule has 6 nitrogen and oxygen atoms in total. The summed E-state index contributed by atoms with van der Waals surface area (Å²) in [6.45, 7) is 0.166. The highest BCUT2D eigenvalue weighted by Gasteiger charge is 2.30. The molecular formula is C15H16N4O2S. The van der Waals surface area contributed by atoms with Crippen LogP contribution in [0.5, 0.6) is 0 Å². The van der Waals surface area contributed by atoms with Crippen LogP contribution in [0.1, 0.15) is 12.8 Å². The topological polar surface area (TPSA) is 75.2 Å². The fourth-order valence-corrected chi connectivity index (χ4v) is 2.34. The number of hydrogen-bond donors (Lipinski definition) is 3. The minimum atomic E-state index is -0.246. The minimum Gasteiger partial charge on any atom is -0.338 e. The van der Waals surface area contributed by atoms with Gasteiger partial charge in [-0.25, -0.2) is 0 Å². The molecule has 1 fully saturated rings. The van der Waals surface area contributed by atoms with Gasteiger partial charge in [0.05, 0.1) is 0 Å². The van der Waals surface area contributed by atoms with Gasteiger partial charge in [-0.1, -0.05) is 18.2 Å². The number of hydrogen-bond acceptors (Lipinski definition) is 3. The SMILES string of the molecule is O=C(Cn1ccc2ccccc21)NNC(=S)NC(=O)C1CC1. The Labute approximate surface area is 132 Å². The summed E-state index contributed by atoms with van der Waals surface area (Å²) in [5.74, 6) is -0.269. The van der Waals surface area contributed by atoms with E-state index < -0.39 is 0 Å². The summed E-state index contributed by atoms with van der Waals surface area (Å²) in [6, 6.07) is 9.78. The molecule has 22 heavy (non-hydrogen) atoms. The second-order valence-electron chi connectivity index (χ2n) is 5.27. The molecule has 1 aromatic carbocycles. The number of nitrogens with one attached hydrogen (secondary N) is 3. The Kier molecular flexibility index (Phi) is 4.06. The van der Waals surface area contributed by atoms with Gasteiger partial charge in [-0.2, -0.15) is 0 Å². The lowest BCUT2D eigenvalue weighted by molar-refractivity contribution is -0.123. The van der Waals surface area contributed by atoms with E-state index in [2.05, 4.69) is 16.2 Å². The summed E-state index contributed by atoms with van der Waals surface area (Å²) < 4.78 is 1.85. The van der Waals surface area contributed by atoms with Crippen molar-refractivity contribution in [1.29, 1.82) is 0 Å². The average Bonchev–Trinajstić information content (AvgIpc) is 3.29. The molecule has 3 N–H and O–H groups in total. The predicted octanol–water partition coefficient (Wildman–Crippen LogP) is 1.07. The maximum Gasteiger partial charge on any atom is 0.258 e. The molecule has 1 heterocycles. The van der Waals surface area contributed by atoms with E-state index in [1.165, 1.54) is 0 Å². The number of para-hydroxylation sites is 1. The maximum atomic E-state index is 11.9. The Morgan fingerprint density at radius 1 is 1.18 bits per heavy atom. The lowest BCUT2D eigenvalue weighted by atomic mass is 10.2. The van der Waals surface area contributed by atoms with Crippen LogP contribution < -0.4 is 16.2 Å². The van der Waals surface area contributed by atoms with Crippen molar-refractivity contribution in [3.05, 3.63) is 36.5 Å². The van der Waals surface area contributed by atoms with Crippen molar-refractivity contribution in [2.45, 2.75) is 19.4 Å². The van der Waals surface area contributed by atoms with Gasteiger partial charge in [-0.15, -0.1) is 0 Å². The lowest BCUT2D eigenvalue weighted by Gasteiger charge is -2.11. The van der Waals surface area contributed by atoms with E-state index in [1.54, 1.807) is 0 Å². The first-order valence-corrected chi connectivity index (χ1v) is 7.48. The zero-order chi connectivity index (χ0) is 15.5. The molecule has 3 rings (SSSR count). The molecule has 0 unspecified atom stereocenters. The molecule has 2 amide bonds. The van der Waals surface area contributed by atoms with Crippen molar-refractivity contribution in [2.24, 2.45) is 5.92 Å². The molecule has 0 aliphatic heterocycles. The van der Waals surface area contributed by atoms with Gasteiger partial charge in [-0.3, -0.25) is 20.4 Å². The second kappa shape index (κ2) is 6.15. The van der Waals surface area contributed by atoms with Gasteiger partial charge in [0.25, 0.3) is 5.91 Å². The van der Waals surface area contributed by atoms with Crippen LogP contribution in [0.15, 0.2) is 36.5 Å². The molecule has 1 aliphatic rings. The van der Waals surface area contributed by atoms with Crippen molar-refractivity contribution < 1.29 is 9.59 Å². The highest BCUT2D eigenvalue weighted by atomic mass is 32.1. The van der Waals surface area contributed by atoms with Crippen molar-refractivity contribution in [2.75, 3.05) is 0 Å². The molecule has 0 saturated heterocycles. The number of aromatic nitrogens is 1. The Morgan fingerprint density at radius 3 is 2.73 bits per heavy atom. The third kappa shape index (κ3) is 3.43. The smallest absolute Gasteiger partial charge is 0.258 e. The van der Waals surface area contributed by atoms with Crippen LogP contribution in [0, 0.1) is 5.92 Å². The highest BCUT2D eigenvalue weighted by Crippen LogP contribution is 2.28. The molecule has 0 spiro atoms. The van der Waals surface area contributed by atoms with Gasteiger partial charge >= 0.3 is 0 Å². The van der Waals surface area contributed by atoms with E-state index >= 15 is 0 Å². The number of benzene rings is 1. The van der Waals surface area contributed by atoms with Crippen LogP contribution in [0.4, 0.5) is 0 Å². The molecule has 0 bridgehead atoms. The predicted molar refractivity (Wildman–Crippen MR) is 86.7 cm³/mol. The van der Waals surface area contributed by atoms with Crippen molar-refractivity contribution >= 4 is 40.0 Å². The first kappa shape index (κ1) is 14.5. The van der Waals surface area contributed by atoms with Crippen molar-refractivity contribution in [1.82, 2.24) is 20.7 Å². The van der Waals surface area contributed by atoms with E-state index in [1.807, 2.05) is 41.1 Å². The molecule has 114 valence electrons. The number of fused-ring (bicyclic) bond motifs is 1. The number of rotatable bonds is 3. The summed E-state index contributed by atoms with van der Waals surface area (Å²) in [4.78, 5) is 23.4. The van der Waals surface area contributed by atoms with Gasteiger partial charge in [0.15, 0.2) is 5.11 Å². The summed E-state index contributed by atoms with van der Waals surface area (Å²) in [5.41, 5.74) is 6.02. The number of carbonyl (C=O) groups is 2. The Morgan fingerprint density at radius 2 is 1.95 bits per heavy atom. The van der Waals surface area contributed by atoms with Crippen LogP contribution in [0.2, 0.25) is 0 Å². The zero-order valence-electron chi connectivity index (χ0n) is 11.8. The molecule has 7 heteroatoms. The summed E-state index contributed by atoms with van der Waals surface area (Å²) in [7, 11) is 0. The van der Waals surface area contributed by atoms with E-state index in [4.69, 9.17) is 12.2 Å². The van der Waals surface area contributed by atoms with Crippen LogP contribution in [-0.2, 0) is 16.1 Å². The van der Waals surface area contributed by atoms with E-state index in [9.17, 15) is 9.59 Å². The molecule has 2 aromatic rings. The Balaban J connectivity index is 1.50. The quantitative estimate of drug-likeness (QED) is 0.585. The van der Waals surface area contributed by atoms with Gasteiger partial charge in [-0.05, 0) is 42.6 Å². The molecular weight excluding hydrogens is 300 g/mol. The molecule has 1 aliphatic carbocycles. The Bertz CT molecular complexity index is 736. The van der Waals surface area contributed by atoms with Crippen LogP contribution in [-0.4, -0.2) is 21.5 Å². The summed E-state index contributed by atoms with van der Waals surface area (Å²) >= 11 is 4.96. The van der Waals surface area contributed by atoms with Crippen molar-refractivity contribution in [3.8, 4) is 0 Å². The Hall–Kier alpha value is -2.41. The minimum absolute atomic E-state index is 0.0710. The third-order valence-electron chi connectivity index (χ3n) is 3.49. The van der Waals surface area contributed by atoms with E-state index in [0.717, 1.165) is 23.7 Å². The monoisotopic (exact) mass is 316 g/mol. The summed E-state index contributed by atoms with van der Waals surface area (Å²) in [5, 5.41) is 3.74. The number of hydrazine groups is 1. The van der Waals surface area contributed by atoms with Crippen LogP contribution in [0.25, 0.3) is 10.9 Å². The first-order chi connectivity index (χ1) is 10.6. The van der Waals surface area contributed by atoms with Crippen LogP contribution >= 0.6 is 12.2 Å². The zero-order valence-corrected chi connectivity index (χ0v) is 12.7. The number of thiocarbonyl (C=S) groups is 1. The fraction of sp³-hybridized carbons (Fsp3) is 0.267. The number of nitrogens with zero attached hydrogens (tertiary/aromatic N) is 1. The van der Waals surface area contributed by atoms with Crippen LogP contribution in [0.3, 0.4) is 0 Å². The maximum absolute atomic E-state index is 11.9. The molecule has 0 radical (unpaired) electrons. The first-order valence-electron chi connectivity index (χ1n) is 7.07. The van der Waals surface area contributed by atoms with Gasteiger partial charge < -0.3 is 9.88 Å². The van der Waals surface area contributed by atoms with E-state index in [0.29, 0.717) is 0 Å². The van der Waals surface area contributed by atoms with E-state index in [-0.39, 0.29) is 29.4 Å². The molecule has 0 atom stereocenters. The average molecular weight is 316 g/mol. The second-order valence-corrected chi connectivity index (χ2v) is 5.68. The summed E-state index contributed by atoms with van der Waals surface area (Å²) in [6.07, 6.45) is 3.67. The highest BCUT2D eigenvalue weighted by molar-refractivity contribution is 7.80. The van der Waals surface area contributed by atoms with Gasteiger partial charge in [0.2, 0.25) is 5.91 Å².